The van der Waals surface area contributed by atoms with Gasteiger partial charge in [0.1, 0.15) is 11.6 Å². The molecule has 0 aliphatic carbocycles. The van der Waals surface area contributed by atoms with Crippen molar-refractivity contribution >= 4 is 15.9 Å². The van der Waals surface area contributed by atoms with E-state index in [-0.39, 0.29) is 0 Å². The van der Waals surface area contributed by atoms with Crippen molar-refractivity contribution in [1.82, 2.24) is 9.97 Å². The highest BCUT2D eigenvalue weighted by Crippen LogP contribution is 2.29. The summed E-state index contributed by atoms with van der Waals surface area (Å²) in [7, 11) is 0. The summed E-state index contributed by atoms with van der Waals surface area (Å²) in [5, 5.41) is 0. The Bertz CT molecular complexity index is 514. The van der Waals surface area contributed by atoms with Crippen LogP contribution in [0.15, 0.2) is 34.9 Å². The molecule has 1 heterocycles. The molecule has 4 heteroatoms. The molecule has 3 nitrogen and oxygen atoms in total. The Kier molecular flexibility index (Phi) is 3.19. The van der Waals surface area contributed by atoms with Gasteiger partial charge >= 0.3 is 0 Å². The van der Waals surface area contributed by atoms with Crippen molar-refractivity contribution in [3.8, 4) is 11.5 Å². The largest absolute Gasteiger partial charge is 0.453 e. The van der Waals surface area contributed by atoms with Crippen molar-refractivity contribution in [3.63, 3.8) is 0 Å². The molecule has 0 amide bonds. The zero-order valence-electron chi connectivity index (χ0n) is 9.07. The van der Waals surface area contributed by atoms with Gasteiger partial charge in [0.25, 0.3) is 0 Å². The van der Waals surface area contributed by atoms with Crippen LogP contribution in [-0.4, -0.2) is 9.97 Å². The maximum atomic E-state index is 5.72. The average molecular weight is 279 g/mol. The van der Waals surface area contributed by atoms with E-state index in [1.165, 1.54) is 0 Å². The highest BCUT2D eigenvalue weighted by Gasteiger charge is 2.05. The van der Waals surface area contributed by atoms with Crippen molar-refractivity contribution in [3.05, 3.63) is 46.5 Å². The Balaban J connectivity index is 2.31. The van der Waals surface area contributed by atoms with Gasteiger partial charge in [-0.25, -0.2) is 9.97 Å². The third-order valence-electron chi connectivity index (χ3n) is 2.11. The Labute approximate surface area is 103 Å². The fourth-order valence-corrected chi connectivity index (χ4v) is 1.68. The van der Waals surface area contributed by atoms with E-state index in [1.54, 1.807) is 6.20 Å². The summed E-state index contributed by atoms with van der Waals surface area (Å²) in [6, 6.07) is 7.68. The number of aromatic nitrogens is 2. The quantitative estimate of drug-likeness (QED) is 0.841. The van der Waals surface area contributed by atoms with Crippen molar-refractivity contribution < 1.29 is 4.74 Å². The van der Waals surface area contributed by atoms with E-state index in [0.29, 0.717) is 5.75 Å². The van der Waals surface area contributed by atoms with E-state index >= 15 is 0 Å². The first-order valence-corrected chi connectivity index (χ1v) is 5.69. The zero-order valence-corrected chi connectivity index (χ0v) is 10.7. The number of ether oxygens (including phenoxy) is 1. The third kappa shape index (κ3) is 2.39. The molecule has 0 fully saturated rings. The molecule has 0 aliphatic rings. The van der Waals surface area contributed by atoms with Crippen LogP contribution in [0.1, 0.15) is 11.5 Å². The lowest BCUT2D eigenvalue weighted by Gasteiger charge is -2.09. The van der Waals surface area contributed by atoms with Gasteiger partial charge in [-0.2, -0.15) is 0 Å². The summed E-state index contributed by atoms with van der Waals surface area (Å²) in [5.41, 5.74) is 0.836. The second-order valence-electron chi connectivity index (χ2n) is 3.40. The molecule has 16 heavy (non-hydrogen) atoms. The second kappa shape index (κ2) is 4.61. The Morgan fingerprint density at radius 3 is 2.56 bits per heavy atom. The summed E-state index contributed by atoms with van der Waals surface area (Å²) in [4.78, 5) is 8.36. The summed E-state index contributed by atoms with van der Waals surface area (Å²) < 4.78 is 6.64. The molecule has 0 saturated heterocycles. The van der Waals surface area contributed by atoms with Gasteiger partial charge in [0.15, 0.2) is 5.75 Å². The van der Waals surface area contributed by atoms with Gasteiger partial charge in [0, 0.05) is 0 Å². The number of nitrogens with zero attached hydrogens (tertiary/aromatic N) is 2. The number of para-hydroxylation sites is 1. The van der Waals surface area contributed by atoms with Crippen molar-refractivity contribution in [2.75, 3.05) is 0 Å². The molecule has 0 aliphatic heterocycles. The average Bonchev–Trinajstić information content (AvgIpc) is 2.25. The van der Waals surface area contributed by atoms with E-state index in [9.17, 15) is 0 Å². The first-order valence-electron chi connectivity index (χ1n) is 4.89. The number of halogens is 1. The third-order valence-corrected chi connectivity index (χ3v) is 2.77. The monoisotopic (exact) mass is 278 g/mol. The zero-order chi connectivity index (χ0) is 11.5. The molecular formula is C12H11BrN2O. The second-order valence-corrected chi connectivity index (χ2v) is 4.25. The standard InChI is InChI=1S/C12H11BrN2O/c1-8-12(7-14-9(2)15-8)16-11-6-4-3-5-10(11)13/h3-7H,1-2H3. The number of aryl methyl sites for hydroxylation is 2. The first-order chi connectivity index (χ1) is 7.66. The summed E-state index contributed by atoms with van der Waals surface area (Å²) in [6.07, 6.45) is 1.69. The lowest BCUT2D eigenvalue weighted by atomic mass is 10.3. The first kappa shape index (κ1) is 11.1. The fourth-order valence-electron chi connectivity index (χ4n) is 1.32. The van der Waals surface area contributed by atoms with Crippen LogP contribution in [0.4, 0.5) is 0 Å². The maximum absolute atomic E-state index is 5.72. The van der Waals surface area contributed by atoms with Crippen molar-refractivity contribution in [2.45, 2.75) is 13.8 Å². The van der Waals surface area contributed by atoms with Gasteiger partial charge in [0.2, 0.25) is 0 Å². The lowest BCUT2D eigenvalue weighted by molar-refractivity contribution is 0.469. The van der Waals surface area contributed by atoms with E-state index in [0.717, 1.165) is 21.7 Å². The smallest absolute Gasteiger partial charge is 0.166 e. The van der Waals surface area contributed by atoms with Crippen LogP contribution in [0, 0.1) is 13.8 Å². The molecular weight excluding hydrogens is 268 g/mol. The summed E-state index contributed by atoms with van der Waals surface area (Å²) >= 11 is 3.43. The number of hydrogen-bond acceptors (Lipinski definition) is 3. The van der Waals surface area contributed by atoms with E-state index < -0.39 is 0 Å². The molecule has 0 radical (unpaired) electrons. The Hall–Kier alpha value is -1.42. The predicted molar refractivity (Wildman–Crippen MR) is 65.7 cm³/mol. The van der Waals surface area contributed by atoms with Gasteiger partial charge in [-0.1, -0.05) is 12.1 Å². The number of rotatable bonds is 2. The minimum Gasteiger partial charge on any atom is -0.453 e. The molecule has 1 aromatic heterocycles. The number of hydrogen-bond donors (Lipinski definition) is 0. The normalized spacial score (nSPS) is 10.2. The van der Waals surface area contributed by atoms with E-state index in [2.05, 4.69) is 25.9 Å². The van der Waals surface area contributed by atoms with Crippen LogP contribution in [0.2, 0.25) is 0 Å². The summed E-state index contributed by atoms with van der Waals surface area (Å²) in [5.74, 6) is 2.19. The molecule has 0 spiro atoms. The topological polar surface area (TPSA) is 35.0 Å². The van der Waals surface area contributed by atoms with Crippen LogP contribution in [-0.2, 0) is 0 Å². The van der Waals surface area contributed by atoms with Gasteiger partial charge in [-0.05, 0) is 41.9 Å². The maximum Gasteiger partial charge on any atom is 0.166 e. The van der Waals surface area contributed by atoms with Crippen LogP contribution in [0.25, 0.3) is 0 Å². The van der Waals surface area contributed by atoms with Crippen LogP contribution < -0.4 is 4.74 Å². The fraction of sp³-hybridized carbons (Fsp3) is 0.167. The van der Waals surface area contributed by atoms with Crippen LogP contribution >= 0.6 is 15.9 Å². The van der Waals surface area contributed by atoms with Crippen molar-refractivity contribution in [2.24, 2.45) is 0 Å². The predicted octanol–water partition coefficient (Wildman–Crippen LogP) is 3.65. The molecule has 0 N–H and O–H groups in total. The summed E-state index contributed by atoms with van der Waals surface area (Å²) in [6.45, 7) is 3.76. The molecule has 2 aromatic rings. The number of benzene rings is 1. The molecule has 0 saturated carbocycles. The molecule has 1 aromatic carbocycles. The highest BCUT2D eigenvalue weighted by atomic mass is 79.9. The van der Waals surface area contributed by atoms with E-state index in [1.807, 2.05) is 38.1 Å². The van der Waals surface area contributed by atoms with Gasteiger partial charge in [0.05, 0.1) is 16.4 Å². The molecule has 2 rings (SSSR count). The van der Waals surface area contributed by atoms with Crippen LogP contribution in [0.5, 0.6) is 11.5 Å². The highest BCUT2D eigenvalue weighted by molar-refractivity contribution is 9.10. The van der Waals surface area contributed by atoms with Gasteiger partial charge in [-0.3, -0.25) is 0 Å². The molecule has 0 atom stereocenters. The van der Waals surface area contributed by atoms with Gasteiger partial charge in [-0.15, -0.1) is 0 Å². The Morgan fingerprint density at radius 2 is 1.88 bits per heavy atom. The lowest BCUT2D eigenvalue weighted by Crippen LogP contribution is -1.95. The Morgan fingerprint density at radius 1 is 1.12 bits per heavy atom. The molecule has 82 valence electrons. The van der Waals surface area contributed by atoms with E-state index in [4.69, 9.17) is 4.74 Å². The van der Waals surface area contributed by atoms with Gasteiger partial charge < -0.3 is 4.74 Å². The minimum absolute atomic E-state index is 0.678. The molecule has 0 bridgehead atoms. The van der Waals surface area contributed by atoms with Crippen LogP contribution in [0.3, 0.4) is 0 Å². The molecule has 0 unspecified atom stereocenters. The SMILES string of the molecule is Cc1ncc(Oc2ccccc2Br)c(C)n1. The minimum atomic E-state index is 0.678. The van der Waals surface area contributed by atoms with Crippen molar-refractivity contribution in [1.29, 1.82) is 0 Å².